The van der Waals surface area contributed by atoms with Gasteiger partial charge in [-0.1, -0.05) is 88.6 Å². The zero-order chi connectivity index (χ0) is 36.4. The Labute approximate surface area is 308 Å². The van der Waals surface area contributed by atoms with Gasteiger partial charge < -0.3 is 4.74 Å². The Morgan fingerprint density at radius 2 is 1.48 bits per heavy atom. The molecular formula is C47H50N4O. The van der Waals surface area contributed by atoms with Crippen molar-refractivity contribution in [3.8, 4) is 34.1 Å². The molecule has 4 aromatic carbocycles. The highest BCUT2D eigenvalue weighted by atomic mass is 16.5. The largest absolute Gasteiger partial charge is 0.457 e. The first-order chi connectivity index (χ1) is 25.3. The SMILES string of the molecule is C=C(C)c1cc(Oc2ccc3c4ccccc4n(-c4cc(CCCC)ccn4)c3c2)cc(-n2nc(CCC)c(-c3c(C)cccc3C)c2CCC)c1. The molecular weight excluding hydrogens is 637 g/mol. The number of pyridine rings is 1. The summed E-state index contributed by atoms with van der Waals surface area (Å²) >= 11 is 0. The van der Waals surface area contributed by atoms with Crippen LogP contribution in [0.25, 0.3) is 50.0 Å². The molecule has 0 radical (unpaired) electrons. The van der Waals surface area contributed by atoms with Crippen molar-refractivity contribution in [1.29, 1.82) is 0 Å². The van der Waals surface area contributed by atoms with Crippen molar-refractivity contribution >= 4 is 27.4 Å². The Morgan fingerprint density at radius 3 is 2.23 bits per heavy atom. The second-order valence-electron chi connectivity index (χ2n) is 14.2. The molecule has 0 aliphatic carbocycles. The molecule has 0 aliphatic heterocycles. The lowest BCUT2D eigenvalue weighted by molar-refractivity contribution is 0.482. The minimum atomic E-state index is 0.751. The van der Waals surface area contributed by atoms with Gasteiger partial charge in [-0.3, -0.25) is 4.57 Å². The average Bonchev–Trinajstić information content (AvgIpc) is 3.66. The summed E-state index contributed by atoms with van der Waals surface area (Å²) in [6.07, 6.45) is 9.18. The molecule has 3 aromatic heterocycles. The van der Waals surface area contributed by atoms with Crippen LogP contribution < -0.4 is 4.74 Å². The molecule has 3 heterocycles. The van der Waals surface area contributed by atoms with Crippen LogP contribution in [0.15, 0.2) is 104 Å². The van der Waals surface area contributed by atoms with Crippen molar-refractivity contribution in [2.24, 2.45) is 0 Å². The number of hydrogen-bond donors (Lipinski definition) is 0. The molecule has 0 amide bonds. The molecule has 52 heavy (non-hydrogen) atoms. The van der Waals surface area contributed by atoms with Crippen LogP contribution in [-0.4, -0.2) is 19.3 Å². The highest BCUT2D eigenvalue weighted by molar-refractivity contribution is 6.09. The molecule has 0 saturated carbocycles. The van der Waals surface area contributed by atoms with Crippen LogP contribution in [0.5, 0.6) is 11.5 Å². The van der Waals surface area contributed by atoms with Crippen molar-refractivity contribution in [3.05, 3.63) is 137 Å². The number of rotatable bonds is 13. The third-order valence-electron chi connectivity index (χ3n) is 10.1. The van der Waals surface area contributed by atoms with E-state index in [0.29, 0.717) is 0 Å². The van der Waals surface area contributed by atoms with Gasteiger partial charge in [0.25, 0.3) is 0 Å². The summed E-state index contributed by atoms with van der Waals surface area (Å²) in [7, 11) is 0. The van der Waals surface area contributed by atoms with Crippen LogP contribution in [0, 0.1) is 13.8 Å². The van der Waals surface area contributed by atoms with E-state index in [1.165, 1.54) is 44.3 Å². The Balaban J connectivity index is 1.36. The van der Waals surface area contributed by atoms with Gasteiger partial charge in [-0.15, -0.1) is 0 Å². The smallest absolute Gasteiger partial charge is 0.137 e. The second-order valence-corrected chi connectivity index (χ2v) is 14.2. The average molecular weight is 687 g/mol. The molecule has 0 spiro atoms. The predicted octanol–water partition coefficient (Wildman–Crippen LogP) is 12.7. The summed E-state index contributed by atoms with van der Waals surface area (Å²) in [5, 5.41) is 7.72. The van der Waals surface area contributed by atoms with E-state index in [9.17, 15) is 0 Å². The number of aryl methyl sites for hydroxylation is 4. The summed E-state index contributed by atoms with van der Waals surface area (Å²) in [5.74, 6) is 2.44. The third kappa shape index (κ3) is 6.68. The molecule has 7 aromatic rings. The Morgan fingerprint density at radius 1 is 0.712 bits per heavy atom. The second kappa shape index (κ2) is 15.1. The zero-order valence-corrected chi connectivity index (χ0v) is 31.6. The summed E-state index contributed by atoms with van der Waals surface area (Å²) in [5.41, 5.74) is 14.0. The minimum absolute atomic E-state index is 0.751. The zero-order valence-electron chi connectivity index (χ0n) is 31.6. The summed E-state index contributed by atoms with van der Waals surface area (Å²) in [6, 6.07) is 32.3. The number of para-hydroxylation sites is 1. The van der Waals surface area contributed by atoms with E-state index in [1.807, 2.05) is 6.20 Å². The third-order valence-corrected chi connectivity index (χ3v) is 10.1. The first-order valence-electron chi connectivity index (χ1n) is 19.0. The number of unbranched alkanes of at least 4 members (excludes halogenated alkanes) is 1. The van der Waals surface area contributed by atoms with Crippen molar-refractivity contribution in [2.45, 2.75) is 86.5 Å². The van der Waals surface area contributed by atoms with Gasteiger partial charge in [0.1, 0.15) is 17.3 Å². The predicted molar refractivity (Wildman–Crippen MR) is 218 cm³/mol. The number of hydrogen-bond acceptors (Lipinski definition) is 3. The summed E-state index contributed by atoms with van der Waals surface area (Å²) in [6.45, 7) is 17.5. The Hall–Kier alpha value is -5.42. The monoisotopic (exact) mass is 686 g/mol. The molecule has 5 heteroatoms. The Bertz CT molecular complexity index is 2390. The number of ether oxygens (including phenoxy) is 1. The number of aromatic nitrogens is 4. The molecule has 264 valence electrons. The van der Waals surface area contributed by atoms with Crippen molar-refractivity contribution in [2.75, 3.05) is 0 Å². The van der Waals surface area contributed by atoms with Gasteiger partial charge in [0.15, 0.2) is 0 Å². The van der Waals surface area contributed by atoms with Gasteiger partial charge in [-0.2, -0.15) is 5.10 Å². The fourth-order valence-corrected chi connectivity index (χ4v) is 7.62. The summed E-state index contributed by atoms with van der Waals surface area (Å²) in [4.78, 5) is 4.86. The van der Waals surface area contributed by atoms with Crippen molar-refractivity contribution in [3.63, 3.8) is 0 Å². The lowest BCUT2D eigenvalue weighted by atomic mass is 9.91. The van der Waals surface area contributed by atoms with Gasteiger partial charge in [0.2, 0.25) is 0 Å². The van der Waals surface area contributed by atoms with Gasteiger partial charge in [0.05, 0.1) is 28.1 Å². The maximum absolute atomic E-state index is 6.79. The highest BCUT2D eigenvalue weighted by Gasteiger charge is 2.23. The van der Waals surface area contributed by atoms with Gasteiger partial charge >= 0.3 is 0 Å². The number of fused-ring (bicyclic) bond motifs is 3. The number of benzene rings is 4. The van der Waals surface area contributed by atoms with Crippen LogP contribution >= 0.6 is 0 Å². The van der Waals surface area contributed by atoms with E-state index in [-0.39, 0.29) is 0 Å². The first-order valence-corrected chi connectivity index (χ1v) is 19.0. The van der Waals surface area contributed by atoms with Crippen molar-refractivity contribution < 1.29 is 4.74 Å². The minimum Gasteiger partial charge on any atom is -0.457 e. The topological polar surface area (TPSA) is 44.9 Å². The van der Waals surface area contributed by atoms with E-state index >= 15 is 0 Å². The lowest BCUT2D eigenvalue weighted by Crippen LogP contribution is -2.04. The molecule has 0 atom stereocenters. The molecule has 0 fully saturated rings. The molecule has 0 bridgehead atoms. The molecule has 5 nitrogen and oxygen atoms in total. The van der Waals surface area contributed by atoms with Crippen LogP contribution in [-0.2, 0) is 19.3 Å². The Kier molecular flexibility index (Phi) is 10.1. The number of allylic oxidation sites excluding steroid dienone is 1. The van der Waals surface area contributed by atoms with Crippen LogP contribution in [0.4, 0.5) is 0 Å². The van der Waals surface area contributed by atoms with E-state index < -0.39 is 0 Å². The molecule has 0 saturated heterocycles. The van der Waals surface area contributed by atoms with Crippen molar-refractivity contribution in [1.82, 2.24) is 19.3 Å². The van der Waals surface area contributed by atoms with Gasteiger partial charge in [-0.25, -0.2) is 9.67 Å². The fourth-order valence-electron chi connectivity index (χ4n) is 7.62. The normalized spacial score (nSPS) is 11.5. The van der Waals surface area contributed by atoms with E-state index in [4.69, 9.17) is 14.8 Å². The quantitative estimate of drug-likeness (QED) is 0.121. The van der Waals surface area contributed by atoms with Gasteiger partial charge in [-0.05, 0) is 117 Å². The first kappa shape index (κ1) is 35.0. The standard InChI is InChI=1S/C47H50N4O/c1-8-11-19-34-24-25-48-45(26-34)50-42-21-13-12-20-39(42)40-23-22-37(30-44(40)50)52-38-28-35(31(4)5)27-36(29-38)51-43(16-10-3)47(41(49-51)15-9-2)46-32(6)17-14-18-33(46)7/h12-14,17-18,20-30H,4,8-11,15-16,19H2,1-3,5-7H3. The molecule has 0 aliphatic rings. The number of nitrogens with zero attached hydrogens (tertiary/aromatic N) is 4. The molecule has 7 rings (SSSR count). The van der Waals surface area contributed by atoms with Crippen LogP contribution in [0.2, 0.25) is 0 Å². The van der Waals surface area contributed by atoms with Crippen LogP contribution in [0.3, 0.4) is 0 Å². The van der Waals surface area contributed by atoms with E-state index in [1.54, 1.807) is 0 Å². The van der Waals surface area contributed by atoms with Crippen LogP contribution in [0.1, 0.15) is 87.0 Å². The maximum Gasteiger partial charge on any atom is 0.137 e. The highest BCUT2D eigenvalue weighted by Crippen LogP contribution is 2.39. The lowest BCUT2D eigenvalue weighted by Gasteiger charge is -2.16. The van der Waals surface area contributed by atoms with E-state index in [2.05, 4.69) is 148 Å². The molecule has 0 unspecified atom stereocenters. The molecule has 0 N–H and O–H groups in total. The summed E-state index contributed by atoms with van der Waals surface area (Å²) < 4.78 is 11.2. The van der Waals surface area contributed by atoms with E-state index in [0.717, 1.165) is 95.8 Å². The van der Waals surface area contributed by atoms with Gasteiger partial charge in [0, 0.05) is 34.7 Å². The fraction of sp³-hybridized carbons (Fsp3) is 0.277. The maximum atomic E-state index is 6.79.